The van der Waals surface area contributed by atoms with Gasteiger partial charge in [-0.1, -0.05) is 26.2 Å². The largest absolute Gasteiger partial charge is 0.397 e. The third kappa shape index (κ3) is 1.97. The number of rotatable bonds is 3. The highest BCUT2D eigenvalue weighted by Gasteiger charge is 2.49. The molecule has 0 amide bonds. The second-order valence-corrected chi connectivity index (χ2v) is 8.39. The molecular weight excluding hydrogens is 180 g/mol. The van der Waals surface area contributed by atoms with Crippen molar-refractivity contribution in [2.45, 2.75) is 50.6 Å². The van der Waals surface area contributed by atoms with E-state index in [1.807, 2.05) is 0 Å². The summed E-state index contributed by atoms with van der Waals surface area (Å²) < 4.78 is 11.3. The molecule has 0 spiro atoms. The van der Waals surface area contributed by atoms with Gasteiger partial charge in [0.1, 0.15) is 0 Å². The van der Waals surface area contributed by atoms with Crippen LogP contribution in [0.25, 0.3) is 0 Å². The Morgan fingerprint density at radius 1 is 1.00 bits per heavy atom. The molecule has 0 aromatic carbocycles. The Morgan fingerprint density at radius 2 is 1.46 bits per heavy atom. The van der Waals surface area contributed by atoms with Crippen molar-refractivity contribution < 1.29 is 8.85 Å². The van der Waals surface area contributed by atoms with Crippen molar-refractivity contribution in [3.8, 4) is 0 Å². The van der Waals surface area contributed by atoms with Crippen LogP contribution in [-0.2, 0) is 8.85 Å². The lowest BCUT2D eigenvalue weighted by molar-refractivity contribution is 0.192. The van der Waals surface area contributed by atoms with Crippen molar-refractivity contribution in [2.75, 3.05) is 14.2 Å². The quantitative estimate of drug-likeness (QED) is 0.655. The topological polar surface area (TPSA) is 18.5 Å². The monoisotopic (exact) mass is 202 g/mol. The maximum absolute atomic E-state index is 5.65. The van der Waals surface area contributed by atoms with E-state index in [9.17, 15) is 0 Å². The molecule has 1 rings (SSSR count). The zero-order chi connectivity index (χ0) is 9.95. The normalized spacial score (nSPS) is 23.1. The Kier molecular flexibility index (Phi) is 3.55. The average Bonchev–Trinajstić information content (AvgIpc) is 2.17. The van der Waals surface area contributed by atoms with E-state index in [1.165, 1.54) is 32.1 Å². The first-order chi connectivity index (χ1) is 6.08. The van der Waals surface area contributed by atoms with Gasteiger partial charge in [-0.05, 0) is 19.4 Å². The first-order valence-corrected chi connectivity index (χ1v) is 7.50. The summed E-state index contributed by atoms with van der Waals surface area (Å²) in [6.45, 7) is 4.53. The lowest BCUT2D eigenvalue weighted by Crippen LogP contribution is -2.49. The average molecular weight is 202 g/mol. The predicted molar refractivity (Wildman–Crippen MR) is 57.1 cm³/mol. The van der Waals surface area contributed by atoms with Crippen molar-refractivity contribution >= 4 is 8.56 Å². The second-order valence-electron chi connectivity index (χ2n) is 4.48. The SMILES string of the molecule is CO[Si](C)(OC)C1(C)CCCCC1. The van der Waals surface area contributed by atoms with E-state index >= 15 is 0 Å². The summed E-state index contributed by atoms with van der Waals surface area (Å²) >= 11 is 0. The molecule has 0 aromatic rings. The highest BCUT2D eigenvalue weighted by atomic mass is 28.4. The molecule has 0 bridgehead atoms. The molecule has 0 N–H and O–H groups in total. The first kappa shape index (κ1) is 11.2. The van der Waals surface area contributed by atoms with Crippen LogP contribution in [0.2, 0.25) is 11.6 Å². The zero-order valence-electron chi connectivity index (χ0n) is 9.35. The molecule has 0 radical (unpaired) electrons. The van der Waals surface area contributed by atoms with Crippen molar-refractivity contribution in [3.63, 3.8) is 0 Å². The standard InChI is InChI=1S/C10H22O2Si/c1-10(8-6-5-7-9-10)13(4,11-2)12-3/h5-9H2,1-4H3. The Hall–Kier alpha value is 0.137. The molecule has 0 unspecified atom stereocenters. The van der Waals surface area contributed by atoms with Crippen molar-refractivity contribution in [1.29, 1.82) is 0 Å². The number of hydrogen-bond donors (Lipinski definition) is 0. The minimum absolute atomic E-state index is 0.328. The molecule has 1 saturated carbocycles. The molecule has 3 heteroatoms. The highest BCUT2D eigenvalue weighted by molar-refractivity contribution is 6.69. The summed E-state index contributed by atoms with van der Waals surface area (Å²) in [6.07, 6.45) is 6.61. The molecule has 13 heavy (non-hydrogen) atoms. The van der Waals surface area contributed by atoms with Crippen LogP contribution < -0.4 is 0 Å². The van der Waals surface area contributed by atoms with E-state index < -0.39 is 8.56 Å². The van der Waals surface area contributed by atoms with Gasteiger partial charge in [0.2, 0.25) is 0 Å². The molecule has 0 atom stereocenters. The van der Waals surface area contributed by atoms with Crippen molar-refractivity contribution in [1.82, 2.24) is 0 Å². The van der Waals surface area contributed by atoms with Gasteiger partial charge in [-0.25, -0.2) is 0 Å². The summed E-state index contributed by atoms with van der Waals surface area (Å²) in [5.74, 6) is 0. The van der Waals surface area contributed by atoms with Crippen LogP contribution in [0, 0.1) is 0 Å². The van der Waals surface area contributed by atoms with Crippen LogP contribution in [-0.4, -0.2) is 22.8 Å². The maximum Gasteiger partial charge on any atom is 0.340 e. The smallest absolute Gasteiger partial charge is 0.340 e. The fraction of sp³-hybridized carbons (Fsp3) is 1.00. The van der Waals surface area contributed by atoms with Crippen molar-refractivity contribution in [2.24, 2.45) is 0 Å². The van der Waals surface area contributed by atoms with Gasteiger partial charge in [-0.2, -0.15) is 0 Å². The lowest BCUT2D eigenvalue weighted by atomic mass is 9.90. The van der Waals surface area contributed by atoms with Gasteiger partial charge in [0.15, 0.2) is 0 Å². The molecule has 78 valence electrons. The Labute approximate surface area is 82.9 Å². The third-order valence-electron chi connectivity index (χ3n) is 3.83. The molecule has 0 heterocycles. The van der Waals surface area contributed by atoms with E-state index in [0.29, 0.717) is 5.04 Å². The predicted octanol–water partition coefficient (Wildman–Crippen LogP) is 3.08. The second kappa shape index (κ2) is 4.11. The lowest BCUT2D eigenvalue weighted by Gasteiger charge is -2.43. The van der Waals surface area contributed by atoms with E-state index in [1.54, 1.807) is 14.2 Å². The molecule has 0 aliphatic heterocycles. The first-order valence-electron chi connectivity index (χ1n) is 5.18. The van der Waals surface area contributed by atoms with Gasteiger partial charge in [-0.15, -0.1) is 0 Å². The zero-order valence-corrected chi connectivity index (χ0v) is 10.4. The van der Waals surface area contributed by atoms with Crippen LogP contribution in [0.3, 0.4) is 0 Å². The van der Waals surface area contributed by atoms with Gasteiger partial charge >= 0.3 is 8.56 Å². The van der Waals surface area contributed by atoms with Gasteiger partial charge in [0.05, 0.1) is 0 Å². The van der Waals surface area contributed by atoms with Gasteiger partial charge in [-0.3, -0.25) is 0 Å². The molecule has 2 nitrogen and oxygen atoms in total. The minimum atomic E-state index is -1.92. The van der Waals surface area contributed by atoms with Crippen LogP contribution >= 0.6 is 0 Å². The van der Waals surface area contributed by atoms with Gasteiger partial charge in [0, 0.05) is 19.3 Å². The van der Waals surface area contributed by atoms with Crippen molar-refractivity contribution in [3.05, 3.63) is 0 Å². The Morgan fingerprint density at radius 3 is 1.85 bits per heavy atom. The fourth-order valence-corrected chi connectivity index (χ4v) is 4.78. The molecule has 0 aromatic heterocycles. The van der Waals surface area contributed by atoms with E-state index in [2.05, 4.69) is 13.5 Å². The Bertz CT molecular complexity index is 160. The van der Waals surface area contributed by atoms with E-state index in [4.69, 9.17) is 8.85 Å². The summed E-state index contributed by atoms with van der Waals surface area (Å²) in [5.41, 5.74) is 0. The Balaban J connectivity index is 2.74. The maximum atomic E-state index is 5.65. The molecule has 1 fully saturated rings. The molecule has 1 aliphatic rings. The van der Waals surface area contributed by atoms with E-state index in [0.717, 1.165) is 0 Å². The van der Waals surface area contributed by atoms with Gasteiger partial charge in [0.25, 0.3) is 0 Å². The van der Waals surface area contributed by atoms with E-state index in [-0.39, 0.29) is 0 Å². The molecule has 1 aliphatic carbocycles. The number of hydrogen-bond acceptors (Lipinski definition) is 2. The van der Waals surface area contributed by atoms with Crippen LogP contribution in [0.15, 0.2) is 0 Å². The molecular formula is C10H22O2Si. The van der Waals surface area contributed by atoms with Crippen LogP contribution in [0.5, 0.6) is 0 Å². The fourth-order valence-electron chi connectivity index (χ4n) is 2.36. The summed E-state index contributed by atoms with van der Waals surface area (Å²) in [4.78, 5) is 0. The third-order valence-corrected chi connectivity index (χ3v) is 8.08. The highest BCUT2D eigenvalue weighted by Crippen LogP contribution is 2.50. The van der Waals surface area contributed by atoms with Crippen LogP contribution in [0.4, 0.5) is 0 Å². The summed E-state index contributed by atoms with van der Waals surface area (Å²) in [5, 5.41) is 0.328. The van der Waals surface area contributed by atoms with Gasteiger partial charge < -0.3 is 8.85 Å². The summed E-state index contributed by atoms with van der Waals surface area (Å²) in [6, 6.07) is 0. The summed E-state index contributed by atoms with van der Waals surface area (Å²) in [7, 11) is 1.68. The molecule has 0 saturated heterocycles. The van der Waals surface area contributed by atoms with Crippen LogP contribution in [0.1, 0.15) is 39.0 Å². The minimum Gasteiger partial charge on any atom is -0.397 e.